The van der Waals surface area contributed by atoms with Gasteiger partial charge in [-0.25, -0.2) is 45.7 Å². The van der Waals surface area contributed by atoms with Crippen LogP contribution in [-0.2, 0) is 27.1 Å². The van der Waals surface area contributed by atoms with Crippen LogP contribution >= 0.6 is 11.6 Å². The minimum absolute atomic E-state index is 0.00176. The molecule has 1 aliphatic heterocycles. The molecule has 3 heterocycles. The van der Waals surface area contributed by atoms with Gasteiger partial charge in [0, 0.05) is 48.1 Å². The summed E-state index contributed by atoms with van der Waals surface area (Å²) in [4.78, 5) is 26.6. The number of hydrogen-bond acceptors (Lipinski definition) is 9. The lowest BCUT2D eigenvalue weighted by atomic mass is 10.0. The molecular formula is C35H28ClF5N6O5S. The molecule has 0 aliphatic carbocycles. The van der Waals surface area contributed by atoms with Gasteiger partial charge in [-0.1, -0.05) is 48.0 Å². The molecule has 5 aromatic rings. The number of hydrogen-bond donors (Lipinski definition) is 2. The molecule has 276 valence electrons. The Morgan fingerprint density at radius 2 is 1.72 bits per heavy atom. The Labute approximate surface area is 304 Å². The first-order valence-electron chi connectivity index (χ1n) is 15.8. The van der Waals surface area contributed by atoms with Crippen LogP contribution in [0, 0.1) is 23.3 Å². The maximum atomic E-state index is 15.2. The molecular weight excluding hydrogens is 747 g/mol. The molecule has 1 aliphatic rings. The van der Waals surface area contributed by atoms with Crippen LogP contribution in [0.15, 0.2) is 85.2 Å². The molecule has 0 unspecified atom stereocenters. The van der Waals surface area contributed by atoms with Crippen molar-refractivity contribution in [2.45, 2.75) is 31.0 Å². The summed E-state index contributed by atoms with van der Waals surface area (Å²) in [7, 11) is -4.64. The lowest BCUT2D eigenvalue weighted by Gasteiger charge is -2.34. The number of piperidine rings is 1. The highest BCUT2D eigenvalue weighted by atomic mass is 35.5. The molecule has 18 heteroatoms. The average Bonchev–Trinajstić information content (AvgIpc) is 3.13. The number of likely N-dealkylation sites (tertiary alicyclic amines) is 1. The standard InChI is InChI=1S/C35H28ClF5N6O5S/c36-22-9-8-21(26(38)13-22)19-53(49,50)46-32-27(39)15-29(30(40)31(32)41)52-33-25(7-4-11-42-33)28-10-12-43-34(45-28)44-24-14-23(37)16-47(17-24)35(48)51-18-20-5-2-1-3-6-20/h1-13,15,23-24,46H,14,16-19H2,(H,43,44,45)/t23-,24-/m0/s1. The number of carbonyl (C=O) groups excluding carboxylic acids is 1. The molecule has 0 bridgehead atoms. The molecule has 1 amide bonds. The van der Waals surface area contributed by atoms with Gasteiger partial charge in [0.1, 0.15) is 24.3 Å². The first-order chi connectivity index (χ1) is 25.3. The second-order valence-electron chi connectivity index (χ2n) is 11.8. The SMILES string of the molecule is O=C(OCc1ccccc1)N1C[C@@H](F)C[C@H](Nc2nccc(-c3cccnc3Oc3cc(F)c(NS(=O)(=O)Cc4ccc(Cl)cc4F)c(F)c3F)n2)C1. The summed E-state index contributed by atoms with van der Waals surface area (Å²) < 4.78 is 112. The third-order valence-electron chi connectivity index (χ3n) is 7.85. The van der Waals surface area contributed by atoms with E-state index in [1.165, 1.54) is 41.6 Å². The second-order valence-corrected chi connectivity index (χ2v) is 14.0. The number of anilines is 2. The van der Waals surface area contributed by atoms with Crippen molar-refractivity contribution in [1.29, 1.82) is 0 Å². The molecule has 1 saturated heterocycles. The molecule has 6 rings (SSSR count). The molecule has 3 aromatic carbocycles. The zero-order chi connectivity index (χ0) is 37.7. The summed E-state index contributed by atoms with van der Waals surface area (Å²) in [6.45, 7) is -0.0496. The molecule has 1 fully saturated rings. The number of nitrogens with one attached hydrogen (secondary N) is 2. The van der Waals surface area contributed by atoms with Crippen molar-refractivity contribution in [1.82, 2.24) is 19.9 Å². The van der Waals surface area contributed by atoms with Gasteiger partial charge in [0.05, 0.1) is 23.6 Å². The largest absolute Gasteiger partial charge is 0.445 e. The van der Waals surface area contributed by atoms with E-state index in [1.54, 1.807) is 29.0 Å². The number of rotatable bonds is 11. The Balaban J connectivity index is 1.16. The maximum absolute atomic E-state index is 15.2. The molecule has 53 heavy (non-hydrogen) atoms. The highest BCUT2D eigenvalue weighted by molar-refractivity contribution is 7.91. The molecule has 2 aromatic heterocycles. The number of nitrogens with zero attached hydrogens (tertiary/aromatic N) is 4. The third-order valence-corrected chi connectivity index (χ3v) is 9.29. The lowest BCUT2D eigenvalue weighted by molar-refractivity contribution is 0.0685. The van der Waals surface area contributed by atoms with E-state index in [0.717, 1.165) is 17.7 Å². The summed E-state index contributed by atoms with van der Waals surface area (Å²) in [5, 5.41) is 3.01. The van der Waals surface area contributed by atoms with E-state index in [4.69, 9.17) is 21.1 Å². The Bertz CT molecular complexity index is 2240. The lowest BCUT2D eigenvalue weighted by Crippen LogP contribution is -2.50. The Morgan fingerprint density at radius 3 is 2.49 bits per heavy atom. The fourth-order valence-corrected chi connectivity index (χ4v) is 6.78. The summed E-state index contributed by atoms with van der Waals surface area (Å²) in [5.41, 5.74) is -0.627. The van der Waals surface area contributed by atoms with Gasteiger partial charge in [-0.3, -0.25) is 4.72 Å². The number of sulfonamides is 1. The zero-order valence-electron chi connectivity index (χ0n) is 27.3. The van der Waals surface area contributed by atoms with Gasteiger partial charge in [-0.2, -0.15) is 4.39 Å². The number of benzene rings is 3. The van der Waals surface area contributed by atoms with Crippen LogP contribution < -0.4 is 14.8 Å². The van der Waals surface area contributed by atoms with Gasteiger partial charge in [0.2, 0.25) is 27.7 Å². The topological polar surface area (TPSA) is 136 Å². The number of halogens is 6. The van der Waals surface area contributed by atoms with Crippen molar-refractivity contribution in [2.75, 3.05) is 23.1 Å². The van der Waals surface area contributed by atoms with Crippen molar-refractivity contribution in [2.24, 2.45) is 0 Å². The van der Waals surface area contributed by atoms with E-state index in [1.807, 2.05) is 6.07 Å². The highest BCUT2D eigenvalue weighted by Crippen LogP contribution is 2.36. The Hall–Kier alpha value is -5.55. The van der Waals surface area contributed by atoms with E-state index in [-0.39, 0.29) is 59.8 Å². The molecule has 0 radical (unpaired) electrons. The summed E-state index contributed by atoms with van der Waals surface area (Å²) >= 11 is 5.68. The van der Waals surface area contributed by atoms with Crippen molar-refractivity contribution >= 4 is 39.4 Å². The van der Waals surface area contributed by atoms with E-state index in [9.17, 15) is 22.0 Å². The highest BCUT2D eigenvalue weighted by Gasteiger charge is 2.32. The minimum atomic E-state index is -4.64. The predicted octanol–water partition coefficient (Wildman–Crippen LogP) is 7.64. The average molecular weight is 775 g/mol. The van der Waals surface area contributed by atoms with Crippen LogP contribution in [0.3, 0.4) is 0 Å². The van der Waals surface area contributed by atoms with Crippen LogP contribution in [0.25, 0.3) is 11.3 Å². The number of alkyl halides is 1. The van der Waals surface area contributed by atoms with Gasteiger partial charge < -0.3 is 19.7 Å². The quantitative estimate of drug-likeness (QED) is 0.103. The Morgan fingerprint density at radius 1 is 0.925 bits per heavy atom. The summed E-state index contributed by atoms with van der Waals surface area (Å²) in [6, 6.07) is 16.4. The first-order valence-corrected chi connectivity index (χ1v) is 17.8. The van der Waals surface area contributed by atoms with Crippen molar-refractivity contribution in [3.63, 3.8) is 0 Å². The molecule has 0 spiro atoms. The van der Waals surface area contributed by atoms with Crippen molar-refractivity contribution in [3.8, 4) is 22.9 Å². The number of aromatic nitrogens is 3. The van der Waals surface area contributed by atoms with Gasteiger partial charge in [0.25, 0.3) is 0 Å². The second kappa shape index (κ2) is 16.0. The van der Waals surface area contributed by atoms with Crippen LogP contribution in [0.1, 0.15) is 17.5 Å². The van der Waals surface area contributed by atoms with Crippen molar-refractivity contribution in [3.05, 3.63) is 125 Å². The fraction of sp³-hybridized carbons (Fsp3) is 0.200. The van der Waals surface area contributed by atoms with Gasteiger partial charge in [-0.05, 0) is 35.9 Å². The first kappa shape index (κ1) is 37.2. The van der Waals surface area contributed by atoms with Crippen LogP contribution in [-0.4, -0.2) is 59.7 Å². The number of ether oxygens (including phenoxy) is 2. The van der Waals surface area contributed by atoms with E-state index in [2.05, 4.69) is 20.3 Å². The minimum Gasteiger partial charge on any atom is -0.445 e. The number of amides is 1. The van der Waals surface area contributed by atoms with Crippen LogP contribution in [0.5, 0.6) is 11.6 Å². The summed E-state index contributed by atoms with van der Waals surface area (Å²) in [6.07, 6.45) is 0.610. The predicted molar refractivity (Wildman–Crippen MR) is 184 cm³/mol. The Kier molecular flexibility index (Phi) is 11.2. The molecule has 2 N–H and O–H groups in total. The van der Waals surface area contributed by atoms with Gasteiger partial charge >= 0.3 is 6.09 Å². The molecule has 11 nitrogen and oxygen atoms in total. The van der Waals surface area contributed by atoms with E-state index >= 15 is 13.2 Å². The summed E-state index contributed by atoms with van der Waals surface area (Å²) in [5.74, 6) is -8.51. The zero-order valence-corrected chi connectivity index (χ0v) is 28.9. The number of pyridine rings is 1. The molecule has 0 saturated carbocycles. The van der Waals surface area contributed by atoms with Gasteiger partial charge in [0.15, 0.2) is 17.4 Å². The van der Waals surface area contributed by atoms with Gasteiger partial charge in [-0.15, -0.1) is 0 Å². The maximum Gasteiger partial charge on any atom is 0.410 e. The smallest absolute Gasteiger partial charge is 0.410 e. The monoisotopic (exact) mass is 774 g/mol. The molecule has 2 atom stereocenters. The normalized spacial score (nSPS) is 15.8. The fourth-order valence-electron chi connectivity index (χ4n) is 5.41. The third kappa shape index (κ3) is 9.28. The van der Waals surface area contributed by atoms with E-state index in [0.29, 0.717) is 6.07 Å². The van der Waals surface area contributed by atoms with Crippen LogP contribution in [0.4, 0.5) is 38.4 Å². The van der Waals surface area contributed by atoms with E-state index < -0.39 is 68.8 Å². The number of carbonyl (C=O) groups is 1. The van der Waals surface area contributed by atoms with Crippen LogP contribution in [0.2, 0.25) is 5.02 Å². The van der Waals surface area contributed by atoms with Crippen molar-refractivity contribution < 1.29 is 44.6 Å².